The van der Waals surface area contributed by atoms with Gasteiger partial charge in [-0.1, -0.05) is 23.9 Å². The number of rotatable bonds is 6. The maximum Gasteiger partial charge on any atom is 0.313 e. The number of benzene rings is 1. The average molecular weight is 328 g/mol. The molecule has 21 heavy (non-hydrogen) atoms. The fourth-order valence-electron chi connectivity index (χ4n) is 1.98. The highest BCUT2D eigenvalue weighted by Gasteiger charge is 2.15. The van der Waals surface area contributed by atoms with E-state index in [0.29, 0.717) is 5.16 Å². The molecule has 0 aliphatic carbocycles. The number of para-hydroxylation sites is 1. The molecule has 0 atom stereocenters. The Morgan fingerprint density at radius 1 is 1.43 bits per heavy atom. The molecule has 0 aliphatic rings. The van der Waals surface area contributed by atoms with Gasteiger partial charge in [-0.15, -0.1) is 0 Å². The number of carboxylic acids is 1. The molecule has 2 rings (SSSR count). The number of aromatic nitrogens is 2. The second-order valence-electron chi connectivity index (χ2n) is 4.80. The van der Waals surface area contributed by atoms with Crippen LogP contribution in [0.4, 0.5) is 0 Å². The molecule has 0 aliphatic heterocycles. The minimum absolute atomic E-state index is 0.00691. The van der Waals surface area contributed by atoms with E-state index in [4.69, 9.17) is 5.11 Å². The molecule has 1 aromatic heterocycles. The van der Waals surface area contributed by atoms with Gasteiger partial charge in [0.15, 0.2) is 5.16 Å². The van der Waals surface area contributed by atoms with Crippen LogP contribution in [0.5, 0.6) is 0 Å². The summed E-state index contributed by atoms with van der Waals surface area (Å²) in [6, 6.07) is 5.66. The van der Waals surface area contributed by atoms with Crippen molar-refractivity contribution in [1.82, 2.24) is 9.55 Å². The molecule has 1 N–H and O–H groups in total. The Morgan fingerprint density at radius 2 is 2.14 bits per heavy atom. The first-order valence-electron chi connectivity index (χ1n) is 6.26. The van der Waals surface area contributed by atoms with Crippen LogP contribution in [0.3, 0.4) is 0 Å². The fourth-order valence-corrected chi connectivity index (χ4v) is 3.24. The van der Waals surface area contributed by atoms with Crippen molar-refractivity contribution in [3.8, 4) is 0 Å². The highest BCUT2D eigenvalue weighted by atomic mass is 32.2. The first kappa shape index (κ1) is 15.8. The van der Waals surface area contributed by atoms with Crippen LogP contribution in [0.15, 0.2) is 23.4 Å². The number of nitrogens with zero attached hydrogens (tertiary/aromatic N) is 2. The number of hydrogen-bond acceptors (Lipinski definition) is 5. The van der Waals surface area contributed by atoms with Gasteiger partial charge in [-0.25, -0.2) is 13.4 Å². The topological polar surface area (TPSA) is 89.3 Å². The maximum atomic E-state index is 11.4. The molecule has 8 heteroatoms. The number of aliphatic carboxylic acids is 1. The molecular weight excluding hydrogens is 312 g/mol. The van der Waals surface area contributed by atoms with Gasteiger partial charge in [0.25, 0.3) is 0 Å². The Balaban J connectivity index is 2.44. The van der Waals surface area contributed by atoms with E-state index in [1.54, 1.807) is 4.57 Å². The van der Waals surface area contributed by atoms with Crippen LogP contribution in [-0.2, 0) is 21.2 Å². The van der Waals surface area contributed by atoms with Gasteiger partial charge in [-0.2, -0.15) is 0 Å². The first-order chi connectivity index (χ1) is 9.78. The van der Waals surface area contributed by atoms with Crippen LogP contribution < -0.4 is 0 Å². The Bertz CT molecular complexity index is 781. The van der Waals surface area contributed by atoms with Crippen molar-refractivity contribution in [3.63, 3.8) is 0 Å². The summed E-state index contributed by atoms with van der Waals surface area (Å²) in [5.41, 5.74) is 2.58. The lowest BCUT2D eigenvalue weighted by molar-refractivity contribution is -0.133. The highest BCUT2D eigenvalue weighted by Crippen LogP contribution is 2.26. The van der Waals surface area contributed by atoms with E-state index in [1.165, 1.54) is 6.26 Å². The van der Waals surface area contributed by atoms with Crippen molar-refractivity contribution >= 4 is 38.6 Å². The van der Waals surface area contributed by atoms with Crippen LogP contribution in [-0.4, -0.2) is 46.8 Å². The SMILES string of the molecule is Cc1cccc2c1nc(SCC(=O)O)n2CCS(C)(=O)=O. The summed E-state index contributed by atoms with van der Waals surface area (Å²) in [4.78, 5) is 15.2. The number of carboxylic acid groups (broad SMARTS) is 1. The lowest BCUT2D eigenvalue weighted by Crippen LogP contribution is -2.12. The van der Waals surface area contributed by atoms with E-state index in [1.807, 2.05) is 25.1 Å². The third-order valence-corrected chi connectivity index (χ3v) is 4.84. The van der Waals surface area contributed by atoms with E-state index in [-0.39, 0.29) is 18.1 Å². The molecule has 1 heterocycles. The van der Waals surface area contributed by atoms with Gasteiger partial charge in [0.1, 0.15) is 9.84 Å². The molecule has 0 bridgehead atoms. The number of aryl methyl sites for hydroxylation is 2. The van der Waals surface area contributed by atoms with Crippen molar-refractivity contribution in [2.75, 3.05) is 17.8 Å². The van der Waals surface area contributed by atoms with Gasteiger partial charge >= 0.3 is 5.97 Å². The van der Waals surface area contributed by atoms with E-state index < -0.39 is 15.8 Å². The number of fused-ring (bicyclic) bond motifs is 1. The van der Waals surface area contributed by atoms with Crippen molar-refractivity contribution < 1.29 is 18.3 Å². The number of imidazole rings is 1. The first-order valence-corrected chi connectivity index (χ1v) is 9.31. The monoisotopic (exact) mass is 328 g/mol. The third-order valence-electron chi connectivity index (χ3n) is 2.96. The average Bonchev–Trinajstić information content (AvgIpc) is 2.72. The summed E-state index contributed by atoms with van der Waals surface area (Å²) in [6.07, 6.45) is 1.18. The van der Waals surface area contributed by atoms with Crippen molar-refractivity contribution in [3.05, 3.63) is 23.8 Å². The predicted molar refractivity (Wildman–Crippen MR) is 82.5 cm³/mol. The van der Waals surface area contributed by atoms with Gasteiger partial charge in [0, 0.05) is 12.8 Å². The van der Waals surface area contributed by atoms with Crippen LogP contribution in [0.1, 0.15) is 5.56 Å². The zero-order valence-electron chi connectivity index (χ0n) is 11.7. The molecule has 0 radical (unpaired) electrons. The molecular formula is C13H16N2O4S2. The minimum atomic E-state index is -3.10. The van der Waals surface area contributed by atoms with Crippen molar-refractivity contribution in [2.45, 2.75) is 18.6 Å². The number of sulfone groups is 1. The molecule has 6 nitrogen and oxygen atoms in total. The Labute approximate surface area is 127 Å². The van der Waals surface area contributed by atoms with Gasteiger partial charge in [0.2, 0.25) is 0 Å². The smallest absolute Gasteiger partial charge is 0.313 e. The third kappa shape index (κ3) is 3.98. The molecule has 0 saturated heterocycles. The number of carbonyl (C=O) groups is 1. The highest BCUT2D eigenvalue weighted by molar-refractivity contribution is 7.99. The number of thioether (sulfide) groups is 1. The van der Waals surface area contributed by atoms with Crippen LogP contribution >= 0.6 is 11.8 Å². The molecule has 2 aromatic rings. The zero-order valence-corrected chi connectivity index (χ0v) is 13.4. The Morgan fingerprint density at radius 3 is 2.76 bits per heavy atom. The Kier molecular flexibility index (Phi) is 4.58. The zero-order chi connectivity index (χ0) is 15.6. The minimum Gasteiger partial charge on any atom is -0.481 e. The molecule has 0 saturated carbocycles. The normalized spacial score (nSPS) is 11.9. The quantitative estimate of drug-likeness (QED) is 0.810. The molecule has 0 fully saturated rings. The molecule has 114 valence electrons. The summed E-state index contributed by atoms with van der Waals surface area (Å²) in [5, 5.41) is 9.33. The summed E-state index contributed by atoms with van der Waals surface area (Å²) in [7, 11) is -3.10. The standard InChI is InChI=1S/C13H16N2O4S2/c1-9-4-3-5-10-12(9)14-13(20-8-11(16)17)15(10)6-7-21(2,18)19/h3-5H,6-8H2,1-2H3,(H,16,17). The van der Waals surface area contributed by atoms with E-state index in [9.17, 15) is 13.2 Å². The van der Waals surface area contributed by atoms with Gasteiger partial charge in [-0.05, 0) is 18.6 Å². The molecule has 0 unspecified atom stereocenters. The number of hydrogen-bond donors (Lipinski definition) is 1. The van der Waals surface area contributed by atoms with E-state index in [2.05, 4.69) is 4.98 Å². The van der Waals surface area contributed by atoms with Gasteiger partial charge in [0.05, 0.1) is 22.5 Å². The summed E-state index contributed by atoms with van der Waals surface area (Å²) in [5.74, 6) is -1.05. The molecule has 0 amide bonds. The van der Waals surface area contributed by atoms with Crippen molar-refractivity contribution in [1.29, 1.82) is 0 Å². The second-order valence-corrected chi connectivity index (χ2v) is 8.00. The van der Waals surface area contributed by atoms with Crippen LogP contribution in [0.25, 0.3) is 11.0 Å². The summed E-state index contributed by atoms with van der Waals surface area (Å²) >= 11 is 1.10. The fraction of sp³-hybridized carbons (Fsp3) is 0.385. The Hall–Kier alpha value is -1.54. The lowest BCUT2D eigenvalue weighted by atomic mass is 10.2. The van der Waals surface area contributed by atoms with E-state index in [0.717, 1.165) is 28.4 Å². The maximum absolute atomic E-state index is 11.4. The van der Waals surface area contributed by atoms with Gasteiger partial charge < -0.3 is 9.67 Å². The second kappa shape index (κ2) is 6.07. The largest absolute Gasteiger partial charge is 0.481 e. The summed E-state index contributed by atoms with van der Waals surface area (Å²) in [6.45, 7) is 2.18. The summed E-state index contributed by atoms with van der Waals surface area (Å²) < 4.78 is 24.5. The predicted octanol–water partition coefficient (Wildman–Crippen LogP) is 1.57. The van der Waals surface area contributed by atoms with Gasteiger partial charge in [-0.3, -0.25) is 4.79 Å². The van der Waals surface area contributed by atoms with Crippen LogP contribution in [0.2, 0.25) is 0 Å². The van der Waals surface area contributed by atoms with Crippen molar-refractivity contribution in [2.24, 2.45) is 0 Å². The lowest BCUT2D eigenvalue weighted by Gasteiger charge is -2.07. The van der Waals surface area contributed by atoms with Crippen LogP contribution in [0, 0.1) is 6.92 Å². The molecule has 1 aromatic carbocycles. The van der Waals surface area contributed by atoms with E-state index >= 15 is 0 Å². The molecule has 0 spiro atoms.